The molecule has 13 heavy (non-hydrogen) atoms. The van der Waals surface area contributed by atoms with Gasteiger partial charge < -0.3 is 4.57 Å². The molecule has 1 heterocycles. The molecule has 1 aromatic heterocycles. The Morgan fingerprint density at radius 2 is 2.31 bits per heavy atom. The van der Waals surface area contributed by atoms with Crippen molar-refractivity contribution in [3.63, 3.8) is 0 Å². The quantitative estimate of drug-likeness (QED) is 0.608. The van der Waals surface area contributed by atoms with E-state index in [1.54, 1.807) is 0 Å². The van der Waals surface area contributed by atoms with Gasteiger partial charge in [0.2, 0.25) is 0 Å². The van der Waals surface area contributed by atoms with E-state index in [4.69, 9.17) is 11.6 Å². The number of rotatable bonds is 1. The lowest BCUT2D eigenvalue weighted by atomic mass is 9.95. The summed E-state index contributed by atoms with van der Waals surface area (Å²) in [7, 11) is 0. The third-order valence-electron chi connectivity index (χ3n) is 2.97. The van der Waals surface area contributed by atoms with Gasteiger partial charge in [0.05, 0.1) is 0 Å². The number of hydrogen-bond donors (Lipinski definition) is 0. The Labute approximate surface area is 84.7 Å². The molecule has 72 valence electrons. The van der Waals surface area contributed by atoms with Crippen LogP contribution in [0.3, 0.4) is 0 Å². The average Bonchev–Trinajstić information content (AvgIpc) is 2.51. The van der Waals surface area contributed by atoms with Crippen LogP contribution in [0.4, 0.5) is 0 Å². The van der Waals surface area contributed by atoms with Crippen LogP contribution in [0.15, 0.2) is 18.3 Å². The predicted molar refractivity (Wildman–Crippen MR) is 56.3 cm³/mol. The molecule has 1 aromatic rings. The predicted octanol–water partition coefficient (Wildman–Crippen LogP) is 3.52. The molecule has 1 aliphatic rings. The van der Waals surface area contributed by atoms with Gasteiger partial charge in [0.25, 0.3) is 0 Å². The van der Waals surface area contributed by atoms with Crippen LogP contribution in [0.5, 0.6) is 0 Å². The molecular formula is C11H16ClN. The van der Waals surface area contributed by atoms with Crippen molar-refractivity contribution in [2.75, 3.05) is 0 Å². The van der Waals surface area contributed by atoms with Crippen molar-refractivity contribution in [1.29, 1.82) is 0 Å². The molecule has 2 unspecified atom stereocenters. The number of aryl methyl sites for hydroxylation is 1. The van der Waals surface area contributed by atoms with E-state index in [1.165, 1.54) is 25.0 Å². The minimum absolute atomic E-state index is 0.389. The van der Waals surface area contributed by atoms with E-state index in [-0.39, 0.29) is 0 Å². The highest BCUT2D eigenvalue weighted by molar-refractivity contribution is 6.20. The fraction of sp³-hybridized carbons (Fsp3) is 0.636. The monoisotopic (exact) mass is 197 g/mol. The molecule has 0 saturated heterocycles. The van der Waals surface area contributed by atoms with E-state index in [2.05, 4.69) is 29.8 Å². The zero-order chi connectivity index (χ0) is 9.26. The molecule has 1 fully saturated rings. The molecule has 1 nitrogen and oxygen atoms in total. The van der Waals surface area contributed by atoms with Crippen molar-refractivity contribution < 1.29 is 0 Å². The normalized spacial score (nSPS) is 29.1. The first-order valence-corrected chi connectivity index (χ1v) is 5.48. The van der Waals surface area contributed by atoms with Crippen molar-refractivity contribution in [2.24, 2.45) is 0 Å². The number of nitrogens with zero attached hydrogens (tertiary/aromatic N) is 1. The minimum Gasteiger partial charge on any atom is -0.349 e. The topological polar surface area (TPSA) is 4.93 Å². The fourth-order valence-corrected chi connectivity index (χ4v) is 2.61. The van der Waals surface area contributed by atoms with Gasteiger partial charge in [0.15, 0.2) is 0 Å². The molecule has 0 amide bonds. The van der Waals surface area contributed by atoms with Crippen molar-refractivity contribution in [1.82, 2.24) is 4.57 Å². The van der Waals surface area contributed by atoms with Crippen LogP contribution in [0.1, 0.15) is 37.4 Å². The maximum atomic E-state index is 6.17. The third kappa shape index (κ3) is 1.91. The van der Waals surface area contributed by atoms with Crippen molar-refractivity contribution >= 4 is 11.6 Å². The van der Waals surface area contributed by atoms with Gasteiger partial charge in [0.1, 0.15) is 0 Å². The van der Waals surface area contributed by atoms with Crippen LogP contribution in [0.2, 0.25) is 0 Å². The SMILES string of the molecule is Cc1cccn1C1CCCC(Cl)C1. The van der Waals surface area contributed by atoms with Crippen molar-refractivity contribution in [2.45, 2.75) is 44.0 Å². The fourth-order valence-electron chi connectivity index (χ4n) is 2.25. The highest BCUT2D eigenvalue weighted by Crippen LogP contribution is 2.32. The summed E-state index contributed by atoms with van der Waals surface area (Å²) in [6, 6.07) is 4.93. The summed E-state index contributed by atoms with van der Waals surface area (Å²) in [5, 5.41) is 0.389. The molecule has 1 saturated carbocycles. The second-order valence-corrected chi connectivity index (χ2v) is 4.59. The maximum Gasteiger partial charge on any atom is 0.0355 e. The van der Waals surface area contributed by atoms with Gasteiger partial charge in [-0.2, -0.15) is 0 Å². The summed E-state index contributed by atoms with van der Waals surface area (Å²) in [5.41, 5.74) is 1.36. The summed E-state index contributed by atoms with van der Waals surface area (Å²) >= 11 is 6.17. The zero-order valence-corrected chi connectivity index (χ0v) is 8.80. The van der Waals surface area contributed by atoms with E-state index in [0.717, 1.165) is 6.42 Å². The van der Waals surface area contributed by atoms with Gasteiger partial charge in [-0.15, -0.1) is 11.6 Å². The number of alkyl halides is 1. The Morgan fingerprint density at radius 3 is 2.92 bits per heavy atom. The molecule has 2 heteroatoms. The Balaban J connectivity index is 2.12. The first-order valence-electron chi connectivity index (χ1n) is 5.05. The van der Waals surface area contributed by atoms with Crippen LogP contribution in [-0.4, -0.2) is 9.94 Å². The number of halogens is 1. The molecule has 0 aliphatic heterocycles. The molecule has 0 radical (unpaired) electrons. The Hall–Kier alpha value is -0.430. The van der Waals surface area contributed by atoms with Crippen LogP contribution >= 0.6 is 11.6 Å². The molecule has 0 aromatic carbocycles. The van der Waals surface area contributed by atoms with Gasteiger partial charge in [-0.25, -0.2) is 0 Å². The maximum absolute atomic E-state index is 6.17. The van der Waals surface area contributed by atoms with Gasteiger partial charge in [-0.05, 0) is 44.7 Å². The Bertz CT molecular complexity index is 279. The second kappa shape index (κ2) is 3.75. The summed E-state index contributed by atoms with van der Waals surface area (Å²) in [6.45, 7) is 2.16. The van der Waals surface area contributed by atoms with Gasteiger partial charge in [0, 0.05) is 23.3 Å². The van der Waals surface area contributed by atoms with Crippen LogP contribution in [0.25, 0.3) is 0 Å². The van der Waals surface area contributed by atoms with Crippen molar-refractivity contribution in [3.05, 3.63) is 24.0 Å². The second-order valence-electron chi connectivity index (χ2n) is 3.97. The lowest BCUT2D eigenvalue weighted by Gasteiger charge is -2.27. The zero-order valence-electron chi connectivity index (χ0n) is 8.04. The molecule has 0 spiro atoms. The smallest absolute Gasteiger partial charge is 0.0355 e. The summed E-state index contributed by atoms with van der Waals surface area (Å²) in [6.07, 6.45) is 7.07. The molecule has 0 N–H and O–H groups in total. The first-order chi connectivity index (χ1) is 6.27. The van der Waals surface area contributed by atoms with E-state index < -0.39 is 0 Å². The largest absolute Gasteiger partial charge is 0.349 e. The highest BCUT2D eigenvalue weighted by atomic mass is 35.5. The van der Waals surface area contributed by atoms with E-state index in [9.17, 15) is 0 Å². The minimum atomic E-state index is 0.389. The molecule has 1 aliphatic carbocycles. The van der Waals surface area contributed by atoms with E-state index in [1.807, 2.05) is 0 Å². The van der Waals surface area contributed by atoms with Gasteiger partial charge in [-0.1, -0.05) is 0 Å². The molecule has 2 rings (SSSR count). The van der Waals surface area contributed by atoms with Crippen LogP contribution < -0.4 is 0 Å². The molecule has 2 atom stereocenters. The van der Waals surface area contributed by atoms with Gasteiger partial charge >= 0.3 is 0 Å². The summed E-state index contributed by atoms with van der Waals surface area (Å²) in [5.74, 6) is 0. The summed E-state index contributed by atoms with van der Waals surface area (Å²) in [4.78, 5) is 0. The summed E-state index contributed by atoms with van der Waals surface area (Å²) < 4.78 is 2.37. The lowest BCUT2D eigenvalue weighted by molar-refractivity contribution is 0.354. The number of hydrogen-bond acceptors (Lipinski definition) is 0. The van der Waals surface area contributed by atoms with Crippen molar-refractivity contribution in [3.8, 4) is 0 Å². The lowest BCUT2D eigenvalue weighted by Crippen LogP contribution is -2.19. The average molecular weight is 198 g/mol. The van der Waals surface area contributed by atoms with E-state index >= 15 is 0 Å². The first kappa shape index (κ1) is 9.14. The Morgan fingerprint density at radius 1 is 1.46 bits per heavy atom. The van der Waals surface area contributed by atoms with E-state index in [0.29, 0.717) is 11.4 Å². The Kier molecular flexibility index (Phi) is 2.63. The third-order valence-corrected chi connectivity index (χ3v) is 3.36. The van der Waals surface area contributed by atoms with Gasteiger partial charge in [-0.3, -0.25) is 0 Å². The molecular weight excluding hydrogens is 182 g/mol. The standard InChI is InChI=1S/C11H16ClN/c1-9-4-3-7-13(9)11-6-2-5-10(12)8-11/h3-4,7,10-11H,2,5-6,8H2,1H3. The number of aromatic nitrogens is 1. The molecule has 0 bridgehead atoms. The highest BCUT2D eigenvalue weighted by Gasteiger charge is 2.21. The van der Waals surface area contributed by atoms with Crippen LogP contribution in [-0.2, 0) is 0 Å². The van der Waals surface area contributed by atoms with Crippen LogP contribution in [0, 0.1) is 6.92 Å².